The molecular weight excluding hydrogens is 462 g/mol. The summed E-state index contributed by atoms with van der Waals surface area (Å²) in [6, 6.07) is 1.58. The van der Waals surface area contributed by atoms with Gasteiger partial charge < -0.3 is 30.8 Å². The number of carbonyl (C=O) groups excluding carboxylic acids is 1. The van der Waals surface area contributed by atoms with Gasteiger partial charge in [-0.3, -0.25) is 0 Å². The monoisotopic (exact) mass is 497 g/mol. The normalized spacial score (nSPS) is 12.3. The lowest BCUT2D eigenvalue weighted by Crippen LogP contribution is -2.38. The molecule has 12 heteroatoms. The number of H-pyrrole nitrogens is 1. The molecule has 0 saturated carbocycles. The van der Waals surface area contributed by atoms with Crippen LogP contribution in [0.2, 0.25) is 0 Å². The van der Waals surface area contributed by atoms with Crippen LogP contribution >= 0.6 is 0 Å². The molecule has 0 aromatic carbocycles. The number of nitrogens with zero attached hydrogens (tertiary/aromatic N) is 5. The zero-order valence-electron chi connectivity index (χ0n) is 21.8. The van der Waals surface area contributed by atoms with E-state index in [0.717, 1.165) is 5.82 Å². The fourth-order valence-corrected chi connectivity index (χ4v) is 3.11. The van der Waals surface area contributed by atoms with Gasteiger partial charge >= 0.3 is 6.09 Å². The highest BCUT2D eigenvalue weighted by Crippen LogP contribution is 2.33. The van der Waals surface area contributed by atoms with E-state index in [-0.39, 0.29) is 29.1 Å². The topological polar surface area (TPSA) is 166 Å². The molecule has 0 bridgehead atoms. The molecule has 0 spiro atoms. The fraction of sp³-hybridized carbons (Fsp3) is 0.500. The first-order valence-corrected chi connectivity index (χ1v) is 11.8. The number of carbonyl (C=O) groups is 1. The van der Waals surface area contributed by atoms with Gasteiger partial charge in [-0.15, -0.1) is 0 Å². The van der Waals surface area contributed by atoms with E-state index in [0.29, 0.717) is 41.9 Å². The Balaban J connectivity index is 1.84. The summed E-state index contributed by atoms with van der Waals surface area (Å²) in [5.74, 6) is 1.84. The molecule has 3 heterocycles. The first kappa shape index (κ1) is 26.6. The van der Waals surface area contributed by atoms with Crippen molar-refractivity contribution in [3.63, 3.8) is 0 Å². The van der Waals surface area contributed by atoms with E-state index < -0.39 is 6.09 Å². The van der Waals surface area contributed by atoms with E-state index in [1.54, 1.807) is 18.5 Å². The van der Waals surface area contributed by atoms with Gasteiger partial charge in [0.15, 0.2) is 5.82 Å². The van der Waals surface area contributed by atoms with E-state index in [1.807, 2.05) is 20.8 Å². The Labute approximate surface area is 210 Å². The van der Waals surface area contributed by atoms with Crippen molar-refractivity contribution in [1.29, 1.82) is 0 Å². The number of aromatic amines is 1. The zero-order valence-corrected chi connectivity index (χ0v) is 21.8. The smallest absolute Gasteiger partial charge is 0.407 e. The number of aromatic nitrogens is 6. The third kappa shape index (κ3) is 6.80. The van der Waals surface area contributed by atoms with Crippen molar-refractivity contribution in [3.05, 3.63) is 24.3 Å². The van der Waals surface area contributed by atoms with Gasteiger partial charge in [-0.2, -0.15) is 0 Å². The number of hydrogen-bond donors (Lipinski definition) is 4. The number of methoxy groups -OCH3 is 1. The van der Waals surface area contributed by atoms with Crippen LogP contribution in [0.1, 0.15) is 47.4 Å². The van der Waals surface area contributed by atoms with Gasteiger partial charge in [0.25, 0.3) is 5.88 Å². The van der Waals surface area contributed by atoms with Crippen LogP contribution in [0.4, 0.5) is 16.6 Å². The summed E-state index contributed by atoms with van der Waals surface area (Å²) in [5, 5.41) is 5.94. The molecule has 36 heavy (non-hydrogen) atoms. The largest absolute Gasteiger partial charge is 0.478 e. The highest BCUT2D eigenvalue weighted by Gasteiger charge is 2.24. The van der Waals surface area contributed by atoms with Crippen LogP contribution in [0.5, 0.6) is 5.88 Å². The molecule has 0 fully saturated rings. The Morgan fingerprint density at radius 1 is 1.14 bits per heavy atom. The molecule has 5 N–H and O–H groups in total. The second-order valence-electron chi connectivity index (χ2n) is 9.89. The van der Waals surface area contributed by atoms with Crippen molar-refractivity contribution in [2.75, 3.05) is 31.3 Å². The van der Waals surface area contributed by atoms with Gasteiger partial charge in [-0.1, -0.05) is 34.6 Å². The standard InChI is InChI=1S/C24H35N9O3/c1-13(2)12-36-23(34)29-14(3)10-28-22-26-9-8-15(31-22)17-18(33-21(32-17)24(4,5)6)16-11-27-19(25)20(30-16)35-7/h8-9,11,13-14H,10,12H2,1-7H3,(H2,25,27)(H,29,34)(H,32,33)(H,26,28,31)/t14-/m0/s1. The van der Waals surface area contributed by atoms with Gasteiger partial charge in [0.1, 0.15) is 17.2 Å². The van der Waals surface area contributed by atoms with Crippen LogP contribution < -0.4 is 21.1 Å². The second-order valence-corrected chi connectivity index (χ2v) is 9.89. The van der Waals surface area contributed by atoms with Crippen molar-refractivity contribution >= 4 is 17.9 Å². The summed E-state index contributed by atoms with van der Waals surface area (Å²) in [6.45, 7) is 12.8. The molecule has 194 valence electrons. The van der Waals surface area contributed by atoms with Gasteiger partial charge in [0.05, 0.1) is 31.3 Å². The van der Waals surface area contributed by atoms with Gasteiger partial charge in [0.2, 0.25) is 5.95 Å². The maximum Gasteiger partial charge on any atom is 0.407 e. The molecule has 3 aromatic heterocycles. The van der Waals surface area contributed by atoms with Crippen molar-refractivity contribution in [3.8, 4) is 28.7 Å². The van der Waals surface area contributed by atoms with Crippen molar-refractivity contribution in [2.45, 2.75) is 53.0 Å². The fourth-order valence-electron chi connectivity index (χ4n) is 3.11. The number of hydrogen-bond acceptors (Lipinski definition) is 10. The van der Waals surface area contributed by atoms with E-state index in [4.69, 9.17) is 20.2 Å². The van der Waals surface area contributed by atoms with Crippen molar-refractivity contribution < 1.29 is 14.3 Å². The Bertz CT molecular complexity index is 1190. The summed E-state index contributed by atoms with van der Waals surface area (Å²) in [5.41, 5.74) is 7.93. The minimum Gasteiger partial charge on any atom is -0.478 e. The molecule has 1 amide bonds. The lowest BCUT2D eigenvalue weighted by Gasteiger charge is -2.15. The molecule has 0 radical (unpaired) electrons. The Morgan fingerprint density at radius 2 is 1.89 bits per heavy atom. The number of ether oxygens (including phenoxy) is 2. The van der Waals surface area contributed by atoms with Crippen LogP contribution in [0.25, 0.3) is 22.8 Å². The minimum absolute atomic E-state index is 0.193. The summed E-state index contributed by atoms with van der Waals surface area (Å²) < 4.78 is 10.4. The molecule has 3 rings (SSSR count). The van der Waals surface area contributed by atoms with Crippen molar-refractivity contribution in [1.82, 2.24) is 35.2 Å². The number of nitrogen functional groups attached to an aromatic ring is 1. The number of amides is 1. The molecular formula is C24H35N9O3. The zero-order chi connectivity index (χ0) is 26.5. The van der Waals surface area contributed by atoms with Crippen molar-refractivity contribution in [2.24, 2.45) is 5.92 Å². The van der Waals surface area contributed by atoms with E-state index in [9.17, 15) is 4.79 Å². The Kier molecular flexibility index (Phi) is 8.28. The summed E-state index contributed by atoms with van der Waals surface area (Å²) in [7, 11) is 1.48. The summed E-state index contributed by atoms with van der Waals surface area (Å²) in [4.78, 5) is 37.7. The van der Waals surface area contributed by atoms with Gasteiger partial charge in [0, 0.05) is 24.2 Å². The van der Waals surface area contributed by atoms with E-state index in [1.165, 1.54) is 7.11 Å². The molecule has 0 aliphatic carbocycles. The van der Waals surface area contributed by atoms with Crippen LogP contribution in [0.15, 0.2) is 18.5 Å². The first-order chi connectivity index (χ1) is 17.0. The molecule has 1 atom stereocenters. The molecule has 0 unspecified atom stereocenters. The number of nitrogens with two attached hydrogens (primary N) is 1. The highest BCUT2D eigenvalue weighted by atomic mass is 16.5. The highest BCUT2D eigenvalue weighted by molar-refractivity contribution is 5.75. The Morgan fingerprint density at radius 3 is 2.56 bits per heavy atom. The van der Waals surface area contributed by atoms with Crippen LogP contribution in [-0.4, -0.2) is 62.3 Å². The number of imidazole rings is 1. The SMILES string of the molecule is COc1nc(-c2nc(C(C)(C)C)[nH]c2-c2ccnc(NC[C@H](C)NC(=O)OCC(C)C)n2)cnc1N. The average Bonchev–Trinajstić information content (AvgIpc) is 3.28. The van der Waals surface area contributed by atoms with Crippen LogP contribution in [0, 0.1) is 5.92 Å². The molecule has 0 aliphatic heterocycles. The molecule has 0 saturated heterocycles. The number of rotatable bonds is 9. The van der Waals surface area contributed by atoms with E-state index >= 15 is 0 Å². The predicted molar refractivity (Wildman–Crippen MR) is 138 cm³/mol. The average molecular weight is 498 g/mol. The maximum absolute atomic E-state index is 11.9. The second kappa shape index (κ2) is 11.2. The van der Waals surface area contributed by atoms with Crippen LogP contribution in [-0.2, 0) is 10.2 Å². The third-order valence-electron chi connectivity index (χ3n) is 5.01. The summed E-state index contributed by atoms with van der Waals surface area (Å²) in [6.07, 6.45) is 2.75. The molecule has 12 nitrogen and oxygen atoms in total. The predicted octanol–water partition coefficient (Wildman–Crippen LogP) is 3.39. The maximum atomic E-state index is 11.9. The quantitative estimate of drug-likeness (QED) is 0.344. The van der Waals surface area contributed by atoms with Gasteiger partial charge in [-0.25, -0.2) is 29.7 Å². The van der Waals surface area contributed by atoms with Crippen LogP contribution in [0.3, 0.4) is 0 Å². The number of anilines is 2. The number of alkyl carbamates (subject to hydrolysis) is 1. The Hall–Kier alpha value is -3.96. The van der Waals surface area contributed by atoms with E-state index in [2.05, 4.69) is 56.3 Å². The minimum atomic E-state index is -0.454. The lowest BCUT2D eigenvalue weighted by atomic mass is 9.96. The first-order valence-electron chi connectivity index (χ1n) is 11.8. The molecule has 3 aromatic rings. The number of nitrogens with one attached hydrogen (secondary N) is 3. The summed E-state index contributed by atoms with van der Waals surface area (Å²) >= 11 is 0. The lowest BCUT2D eigenvalue weighted by molar-refractivity contribution is 0.130. The van der Waals surface area contributed by atoms with Gasteiger partial charge in [-0.05, 0) is 18.9 Å². The molecule has 0 aliphatic rings. The third-order valence-corrected chi connectivity index (χ3v) is 5.01.